The predicted molar refractivity (Wildman–Crippen MR) is 115 cm³/mol. The molecule has 6 nitrogen and oxygen atoms in total. The van der Waals surface area contributed by atoms with Crippen molar-refractivity contribution in [3.63, 3.8) is 0 Å². The number of pyridine rings is 1. The maximum atomic E-state index is 14.7. The van der Waals surface area contributed by atoms with Crippen LogP contribution in [-0.4, -0.2) is 45.2 Å². The van der Waals surface area contributed by atoms with Crippen molar-refractivity contribution in [3.05, 3.63) is 82.3 Å². The van der Waals surface area contributed by atoms with Gasteiger partial charge in [-0.05, 0) is 37.6 Å². The van der Waals surface area contributed by atoms with E-state index in [1.54, 1.807) is 30.0 Å². The van der Waals surface area contributed by atoms with Gasteiger partial charge in [-0.1, -0.05) is 17.7 Å². The van der Waals surface area contributed by atoms with E-state index in [2.05, 4.69) is 15.2 Å². The van der Waals surface area contributed by atoms with Crippen LogP contribution in [0.1, 0.15) is 34.5 Å². The third-order valence-corrected chi connectivity index (χ3v) is 5.87. The third-order valence-electron chi connectivity index (χ3n) is 5.65. The number of ether oxygens (including phenoxy) is 1. The quantitative estimate of drug-likeness (QED) is 0.565. The third kappa shape index (κ3) is 4.70. The number of aryl methyl sites for hydroxylation is 1. The lowest BCUT2D eigenvalue weighted by molar-refractivity contribution is 0.0769. The molecule has 1 aliphatic rings. The Labute approximate surface area is 189 Å². The zero-order chi connectivity index (χ0) is 22.8. The van der Waals surface area contributed by atoms with E-state index in [1.165, 1.54) is 24.5 Å². The highest BCUT2D eigenvalue weighted by Crippen LogP contribution is 2.38. The number of likely N-dealkylation sites (tertiary alicyclic amines) is 1. The Kier molecular flexibility index (Phi) is 6.32. The molecule has 1 aliphatic heterocycles. The van der Waals surface area contributed by atoms with Crippen molar-refractivity contribution in [2.24, 2.45) is 5.92 Å². The van der Waals surface area contributed by atoms with Crippen LogP contribution in [0.25, 0.3) is 0 Å². The molecule has 2 aromatic heterocycles. The van der Waals surface area contributed by atoms with Crippen molar-refractivity contribution in [2.75, 3.05) is 13.1 Å². The number of carbonyl (C=O) groups excluding carboxylic acids is 1. The number of hydrogen-bond donors (Lipinski definition) is 0. The van der Waals surface area contributed by atoms with Crippen LogP contribution in [0, 0.1) is 24.5 Å². The zero-order valence-corrected chi connectivity index (χ0v) is 18.3. The predicted octanol–water partition coefficient (Wildman–Crippen LogP) is 4.43. The fraction of sp³-hybridized carbons (Fsp3) is 0.304. The van der Waals surface area contributed by atoms with Gasteiger partial charge in [0.05, 0.1) is 22.5 Å². The van der Waals surface area contributed by atoms with Gasteiger partial charge in [-0.3, -0.25) is 4.79 Å². The van der Waals surface area contributed by atoms with Crippen LogP contribution >= 0.6 is 11.6 Å². The molecule has 0 aliphatic carbocycles. The van der Waals surface area contributed by atoms with E-state index in [1.807, 2.05) is 6.92 Å². The van der Waals surface area contributed by atoms with Gasteiger partial charge in [-0.2, -0.15) is 10.2 Å². The number of hydrogen-bond acceptors (Lipinski definition) is 5. The lowest BCUT2D eigenvalue weighted by atomic mass is 9.85. The Balaban J connectivity index is 1.62. The van der Waals surface area contributed by atoms with E-state index in [9.17, 15) is 13.6 Å². The highest BCUT2D eigenvalue weighted by Gasteiger charge is 2.41. The second-order valence-corrected chi connectivity index (χ2v) is 8.31. The molecule has 3 aromatic rings. The Morgan fingerprint density at radius 1 is 1.19 bits per heavy atom. The molecule has 0 spiro atoms. The van der Waals surface area contributed by atoms with Crippen LogP contribution in [0.2, 0.25) is 5.02 Å². The van der Waals surface area contributed by atoms with Crippen LogP contribution in [0.4, 0.5) is 8.78 Å². The number of rotatable bonds is 5. The number of halogens is 3. The summed E-state index contributed by atoms with van der Waals surface area (Å²) in [6, 6.07) is 8.49. The molecule has 0 radical (unpaired) electrons. The van der Waals surface area contributed by atoms with Crippen LogP contribution in [0.3, 0.4) is 0 Å². The van der Waals surface area contributed by atoms with E-state index in [-0.39, 0.29) is 18.4 Å². The van der Waals surface area contributed by atoms with E-state index < -0.39 is 23.7 Å². The van der Waals surface area contributed by atoms with Crippen LogP contribution in [0.15, 0.2) is 48.8 Å². The molecule has 0 saturated carbocycles. The van der Waals surface area contributed by atoms with Crippen LogP contribution in [-0.2, 0) is 0 Å². The number of nitrogens with zero attached hydrogens (tertiary/aromatic N) is 4. The maximum absolute atomic E-state index is 14.7. The average Bonchev–Trinajstić information content (AvgIpc) is 3.20. The Hall–Kier alpha value is -3.13. The summed E-state index contributed by atoms with van der Waals surface area (Å²) in [5.41, 5.74) is 1.37. The minimum atomic E-state index is -0.651. The van der Waals surface area contributed by atoms with Crippen molar-refractivity contribution in [1.29, 1.82) is 0 Å². The summed E-state index contributed by atoms with van der Waals surface area (Å²) in [6.45, 7) is 4.19. The first-order valence-electron chi connectivity index (χ1n) is 10.1. The van der Waals surface area contributed by atoms with Gasteiger partial charge in [0, 0.05) is 43.3 Å². The minimum Gasteiger partial charge on any atom is -0.474 e. The molecule has 1 aromatic carbocycles. The summed E-state index contributed by atoms with van der Waals surface area (Å²) in [4.78, 5) is 18.9. The Morgan fingerprint density at radius 3 is 2.69 bits per heavy atom. The second kappa shape index (κ2) is 9.16. The fourth-order valence-corrected chi connectivity index (χ4v) is 4.20. The molecule has 9 heteroatoms. The topological polar surface area (TPSA) is 68.2 Å². The summed E-state index contributed by atoms with van der Waals surface area (Å²) in [7, 11) is 0. The van der Waals surface area contributed by atoms with Crippen molar-refractivity contribution in [1.82, 2.24) is 20.1 Å². The largest absolute Gasteiger partial charge is 0.474 e. The SMILES string of the molecule is Cc1cc(C(=O)N2C[C@H]([C@H](C)Oc3ccc(Cl)cn3)[C@@H](c3ccc(F)cc3F)C2)cnn1. The highest BCUT2D eigenvalue weighted by atomic mass is 35.5. The monoisotopic (exact) mass is 458 g/mol. The van der Waals surface area contributed by atoms with E-state index in [0.717, 1.165) is 6.07 Å². The summed E-state index contributed by atoms with van der Waals surface area (Å²) in [5.74, 6) is -1.80. The van der Waals surface area contributed by atoms with E-state index in [0.29, 0.717) is 34.3 Å². The first kappa shape index (κ1) is 22.1. The maximum Gasteiger partial charge on any atom is 0.255 e. The molecule has 3 atom stereocenters. The fourth-order valence-electron chi connectivity index (χ4n) is 4.08. The summed E-state index contributed by atoms with van der Waals surface area (Å²) >= 11 is 5.89. The smallest absolute Gasteiger partial charge is 0.255 e. The van der Waals surface area contributed by atoms with Gasteiger partial charge < -0.3 is 9.64 Å². The normalized spacial score (nSPS) is 19.1. The van der Waals surface area contributed by atoms with Crippen molar-refractivity contribution in [2.45, 2.75) is 25.9 Å². The number of amides is 1. The minimum absolute atomic E-state index is 0.227. The second-order valence-electron chi connectivity index (χ2n) is 7.87. The molecule has 1 saturated heterocycles. The molecule has 166 valence electrons. The Bertz CT molecular complexity index is 1130. The van der Waals surface area contributed by atoms with Gasteiger partial charge in [0.15, 0.2) is 0 Å². The van der Waals surface area contributed by atoms with Gasteiger partial charge in [0.25, 0.3) is 5.91 Å². The van der Waals surface area contributed by atoms with Crippen molar-refractivity contribution < 1.29 is 18.3 Å². The first-order valence-corrected chi connectivity index (χ1v) is 10.5. The number of benzene rings is 1. The molecule has 0 N–H and O–H groups in total. The highest BCUT2D eigenvalue weighted by molar-refractivity contribution is 6.30. The first-order chi connectivity index (χ1) is 15.3. The van der Waals surface area contributed by atoms with Gasteiger partial charge in [-0.15, -0.1) is 0 Å². The molecule has 3 heterocycles. The molecule has 0 unspecified atom stereocenters. The molecule has 1 fully saturated rings. The number of aromatic nitrogens is 3. The Morgan fingerprint density at radius 2 is 2.00 bits per heavy atom. The van der Waals surface area contributed by atoms with Crippen LogP contribution in [0.5, 0.6) is 5.88 Å². The molecule has 1 amide bonds. The van der Waals surface area contributed by atoms with Crippen molar-refractivity contribution in [3.8, 4) is 5.88 Å². The standard InChI is InChI=1S/C23H21ClF2N4O2/c1-13-7-15(9-28-29-13)23(31)30-11-19(14(2)32-22-6-3-16(24)10-27-22)20(12-30)18-5-4-17(25)8-21(18)26/h3-10,14,19-20H,11-12H2,1-2H3/t14-,19+,20+/m0/s1. The van der Waals surface area contributed by atoms with Gasteiger partial charge >= 0.3 is 0 Å². The van der Waals surface area contributed by atoms with Gasteiger partial charge in [0.1, 0.15) is 17.7 Å². The van der Waals surface area contributed by atoms with Crippen molar-refractivity contribution >= 4 is 17.5 Å². The molecule has 0 bridgehead atoms. The van der Waals surface area contributed by atoms with Crippen LogP contribution < -0.4 is 4.74 Å². The zero-order valence-electron chi connectivity index (χ0n) is 17.5. The van der Waals surface area contributed by atoms with E-state index >= 15 is 0 Å². The summed E-state index contributed by atoms with van der Waals surface area (Å²) < 4.78 is 34.2. The van der Waals surface area contributed by atoms with Gasteiger partial charge in [0.2, 0.25) is 5.88 Å². The van der Waals surface area contributed by atoms with Gasteiger partial charge in [-0.25, -0.2) is 13.8 Å². The molecular weight excluding hydrogens is 438 g/mol. The lowest BCUT2D eigenvalue weighted by Gasteiger charge is -2.25. The average molecular weight is 459 g/mol. The molecule has 32 heavy (non-hydrogen) atoms. The number of carbonyl (C=O) groups is 1. The lowest BCUT2D eigenvalue weighted by Crippen LogP contribution is -2.32. The summed E-state index contributed by atoms with van der Waals surface area (Å²) in [5, 5.41) is 8.22. The molecule has 4 rings (SSSR count). The van der Waals surface area contributed by atoms with E-state index in [4.69, 9.17) is 16.3 Å². The summed E-state index contributed by atoms with van der Waals surface area (Å²) in [6.07, 6.45) is 2.48. The molecular formula is C23H21ClF2N4O2.